The van der Waals surface area contributed by atoms with Crippen molar-refractivity contribution >= 4 is 44.4 Å². The molecule has 2 aromatic carbocycles. The number of hydrogen-bond acceptors (Lipinski definition) is 2. The quantitative estimate of drug-likeness (QED) is 0.553. The third-order valence-electron chi connectivity index (χ3n) is 3.50. The van der Waals surface area contributed by atoms with Crippen molar-refractivity contribution in [3.05, 3.63) is 51.1 Å². The van der Waals surface area contributed by atoms with Crippen molar-refractivity contribution in [2.24, 2.45) is 0 Å². The first-order valence-electron chi connectivity index (χ1n) is 6.60. The highest BCUT2D eigenvalue weighted by Crippen LogP contribution is 2.38. The van der Waals surface area contributed by atoms with E-state index in [9.17, 15) is 4.21 Å². The summed E-state index contributed by atoms with van der Waals surface area (Å²) >= 11 is 2.28. The van der Waals surface area contributed by atoms with Gasteiger partial charge in [0.15, 0.2) is 5.76 Å². The lowest BCUT2D eigenvalue weighted by Crippen LogP contribution is -1.89. The Hall–Kier alpha value is -1.14. The van der Waals surface area contributed by atoms with Crippen LogP contribution in [0.5, 0.6) is 0 Å². The van der Waals surface area contributed by atoms with Crippen molar-refractivity contribution in [2.45, 2.75) is 18.7 Å². The van der Waals surface area contributed by atoms with E-state index in [4.69, 9.17) is 4.42 Å². The van der Waals surface area contributed by atoms with Gasteiger partial charge in [0.05, 0.1) is 15.7 Å². The number of halogens is 1. The van der Waals surface area contributed by atoms with Crippen LogP contribution in [0.1, 0.15) is 11.1 Å². The maximum atomic E-state index is 12.3. The molecule has 0 bridgehead atoms. The normalized spacial score (nSPS) is 12.8. The number of hydrogen-bond donors (Lipinski definition) is 0. The van der Waals surface area contributed by atoms with Gasteiger partial charge in [-0.3, -0.25) is 4.21 Å². The predicted octanol–water partition coefficient (Wildman–Crippen LogP) is 5.06. The molecule has 21 heavy (non-hydrogen) atoms. The second-order valence-electron chi connectivity index (χ2n) is 5.18. The van der Waals surface area contributed by atoms with E-state index in [2.05, 4.69) is 28.7 Å². The monoisotopic (exact) mass is 410 g/mol. The zero-order valence-corrected chi connectivity index (χ0v) is 15.0. The average molecular weight is 410 g/mol. The molecular formula is C17H15IO2S. The first kappa shape index (κ1) is 14.8. The molecule has 0 saturated heterocycles. The van der Waals surface area contributed by atoms with Crippen molar-refractivity contribution in [3.63, 3.8) is 0 Å². The van der Waals surface area contributed by atoms with E-state index in [1.165, 1.54) is 5.56 Å². The smallest absolute Gasteiger partial charge is 0.151 e. The lowest BCUT2D eigenvalue weighted by Gasteiger charge is -2.01. The van der Waals surface area contributed by atoms with E-state index in [0.717, 1.165) is 36.3 Å². The molecule has 1 aromatic heterocycles. The Balaban J connectivity index is 2.37. The molecule has 3 rings (SSSR count). The summed E-state index contributed by atoms with van der Waals surface area (Å²) in [4.78, 5) is 0.787. The van der Waals surface area contributed by atoms with Crippen molar-refractivity contribution < 1.29 is 8.63 Å². The third-order valence-corrected chi connectivity index (χ3v) is 5.10. The van der Waals surface area contributed by atoms with Gasteiger partial charge in [-0.05, 0) is 54.1 Å². The van der Waals surface area contributed by atoms with Gasteiger partial charge in [-0.2, -0.15) is 0 Å². The molecule has 0 aliphatic carbocycles. The Kier molecular flexibility index (Phi) is 3.92. The number of benzene rings is 2. The molecule has 1 heterocycles. The van der Waals surface area contributed by atoms with Crippen LogP contribution in [0.2, 0.25) is 0 Å². The maximum absolute atomic E-state index is 12.3. The summed E-state index contributed by atoms with van der Waals surface area (Å²) in [6.45, 7) is 4.07. The Morgan fingerprint density at radius 3 is 2.38 bits per heavy atom. The van der Waals surface area contributed by atoms with Crippen molar-refractivity contribution in [1.29, 1.82) is 0 Å². The van der Waals surface area contributed by atoms with E-state index in [1.807, 2.05) is 44.2 Å². The summed E-state index contributed by atoms with van der Waals surface area (Å²) < 4.78 is 19.5. The topological polar surface area (TPSA) is 30.2 Å². The summed E-state index contributed by atoms with van der Waals surface area (Å²) in [7, 11) is -1.10. The van der Waals surface area contributed by atoms with Gasteiger partial charge in [0, 0.05) is 20.8 Å². The minimum Gasteiger partial charge on any atom is -0.454 e. The summed E-state index contributed by atoms with van der Waals surface area (Å²) in [5.41, 5.74) is 4.06. The first-order valence-corrected chi connectivity index (χ1v) is 9.24. The van der Waals surface area contributed by atoms with Crippen LogP contribution in [-0.2, 0) is 10.8 Å². The molecular weight excluding hydrogens is 395 g/mol. The van der Waals surface area contributed by atoms with Gasteiger partial charge >= 0.3 is 0 Å². The van der Waals surface area contributed by atoms with E-state index >= 15 is 0 Å². The van der Waals surface area contributed by atoms with Crippen molar-refractivity contribution in [2.75, 3.05) is 6.26 Å². The zero-order chi connectivity index (χ0) is 15.1. The Labute approximate surface area is 140 Å². The molecule has 0 unspecified atom stereocenters. The Morgan fingerprint density at radius 1 is 1.10 bits per heavy atom. The van der Waals surface area contributed by atoms with Crippen LogP contribution in [0.4, 0.5) is 0 Å². The molecule has 4 heteroatoms. The highest BCUT2D eigenvalue weighted by Gasteiger charge is 2.20. The van der Waals surface area contributed by atoms with Crippen LogP contribution < -0.4 is 0 Å². The van der Waals surface area contributed by atoms with Gasteiger partial charge in [-0.1, -0.05) is 29.8 Å². The summed E-state index contributed by atoms with van der Waals surface area (Å²) in [6.07, 6.45) is 1.71. The molecule has 0 radical (unpaired) electrons. The molecule has 2 nitrogen and oxygen atoms in total. The van der Waals surface area contributed by atoms with Crippen LogP contribution in [0.3, 0.4) is 0 Å². The van der Waals surface area contributed by atoms with Crippen LogP contribution in [-0.4, -0.2) is 10.5 Å². The highest BCUT2D eigenvalue weighted by atomic mass is 127. The van der Waals surface area contributed by atoms with Gasteiger partial charge in [-0.15, -0.1) is 0 Å². The largest absolute Gasteiger partial charge is 0.454 e. The number of aryl methyl sites for hydroxylation is 2. The number of rotatable bonds is 2. The first-order chi connectivity index (χ1) is 9.97. The molecule has 0 amide bonds. The lowest BCUT2D eigenvalue weighted by atomic mass is 10.1. The van der Waals surface area contributed by atoms with Gasteiger partial charge in [0.2, 0.25) is 0 Å². The fraction of sp³-hybridized carbons (Fsp3) is 0.176. The van der Waals surface area contributed by atoms with Crippen LogP contribution in [0.15, 0.2) is 45.7 Å². The van der Waals surface area contributed by atoms with Crippen LogP contribution in [0.25, 0.3) is 22.3 Å². The second kappa shape index (κ2) is 5.57. The van der Waals surface area contributed by atoms with E-state index in [0.29, 0.717) is 0 Å². The summed E-state index contributed by atoms with van der Waals surface area (Å²) in [5, 5.41) is 0.954. The fourth-order valence-electron chi connectivity index (χ4n) is 2.49. The molecule has 108 valence electrons. The number of fused-ring (bicyclic) bond motifs is 1. The molecule has 0 aliphatic rings. The second-order valence-corrected chi connectivity index (χ2v) is 7.74. The summed E-state index contributed by atoms with van der Waals surface area (Å²) in [6, 6.07) is 12.2. The van der Waals surface area contributed by atoms with Crippen LogP contribution in [0, 0.1) is 17.4 Å². The van der Waals surface area contributed by atoms with Gasteiger partial charge in [0.1, 0.15) is 5.58 Å². The SMILES string of the molecule is Cc1ccc(-c2oc3c(C)cc(I)cc3c2[S@](C)=O)cc1. The average Bonchev–Trinajstić information content (AvgIpc) is 2.79. The lowest BCUT2D eigenvalue weighted by molar-refractivity contribution is 0.620. The van der Waals surface area contributed by atoms with Gasteiger partial charge in [0.25, 0.3) is 0 Å². The number of furan rings is 1. The predicted molar refractivity (Wildman–Crippen MR) is 96.2 cm³/mol. The minimum absolute atomic E-state index is 0.718. The Morgan fingerprint density at radius 2 is 1.76 bits per heavy atom. The maximum Gasteiger partial charge on any atom is 0.151 e. The molecule has 1 atom stereocenters. The summed E-state index contributed by atoms with van der Waals surface area (Å²) in [5.74, 6) is 0.718. The molecule has 0 aliphatic heterocycles. The molecule has 3 aromatic rings. The zero-order valence-electron chi connectivity index (χ0n) is 12.1. The molecule has 0 saturated carbocycles. The molecule has 0 spiro atoms. The van der Waals surface area contributed by atoms with Gasteiger partial charge < -0.3 is 4.42 Å². The molecule has 0 fully saturated rings. The van der Waals surface area contributed by atoms with Crippen LogP contribution >= 0.6 is 22.6 Å². The third kappa shape index (κ3) is 2.66. The minimum atomic E-state index is -1.10. The van der Waals surface area contributed by atoms with Crippen molar-refractivity contribution in [1.82, 2.24) is 0 Å². The Bertz CT molecular complexity index is 847. The van der Waals surface area contributed by atoms with Crippen molar-refractivity contribution in [3.8, 4) is 11.3 Å². The van der Waals surface area contributed by atoms with E-state index in [-0.39, 0.29) is 0 Å². The molecule has 0 N–H and O–H groups in total. The highest BCUT2D eigenvalue weighted by molar-refractivity contribution is 14.1. The fourth-order valence-corrected chi connectivity index (χ4v) is 4.15. The van der Waals surface area contributed by atoms with E-state index in [1.54, 1.807) is 6.26 Å². The van der Waals surface area contributed by atoms with E-state index < -0.39 is 10.8 Å². The van der Waals surface area contributed by atoms with Gasteiger partial charge in [-0.25, -0.2) is 0 Å². The standard InChI is InChI=1S/C17H15IO2S/c1-10-4-6-12(7-5-10)16-17(21(3)19)14-9-13(18)8-11(2)15(14)20-16/h4-9H,1-3H3/t21-/m0/s1.